The molecule has 0 aromatic heterocycles. The van der Waals surface area contributed by atoms with Crippen molar-refractivity contribution in [2.45, 2.75) is 12.5 Å². The molecule has 0 spiro atoms. The average molecular weight is 210 g/mol. The van der Waals surface area contributed by atoms with Crippen LogP contribution in [-0.2, 0) is 0 Å². The van der Waals surface area contributed by atoms with E-state index >= 15 is 0 Å². The van der Waals surface area contributed by atoms with E-state index in [0.29, 0.717) is 6.54 Å². The topological polar surface area (TPSA) is 70.5 Å². The maximum atomic E-state index is 5.99. The Morgan fingerprint density at radius 2 is 2.00 bits per heavy atom. The highest BCUT2D eigenvalue weighted by Crippen LogP contribution is 2.29. The third-order valence-electron chi connectivity index (χ3n) is 2.31. The highest BCUT2D eigenvalue weighted by atomic mass is 16.5. The van der Waals surface area contributed by atoms with Crippen LogP contribution in [0.2, 0.25) is 0 Å². The number of hydrogen-bond donors (Lipinski definition) is 2. The lowest BCUT2D eigenvalue weighted by Gasteiger charge is -2.15. The van der Waals surface area contributed by atoms with Gasteiger partial charge in [-0.1, -0.05) is 0 Å². The van der Waals surface area contributed by atoms with Gasteiger partial charge < -0.3 is 20.9 Å². The summed E-state index contributed by atoms with van der Waals surface area (Å²) in [7, 11) is 3.25. The summed E-state index contributed by atoms with van der Waals surface area (Å²) in [5.41, 5.74) is 12.4. The van der Waals surface area contributed by atoms with E-state index in [1.165, 1.54) is 0 Å². The molecule has 4 N–H and O–H groups in total. The smallest absolute Gasteiger partial charge is 0.123 e. The van der Waals surface area contributed by atoms with E-state index in [1.807, 2.05) is 18.2 Å². The molecule has 1 atom stereocenters. The molecule has 1 aromatic rings. The zero-order valence-corrected chi connectivity index (χ0v) is 9.19. The Hall–Kier alpha value is -1.26. The average Bonchev–Trinajstić information content (AvgIpc) is 2.28. The molecule has 0 aliphatic rings. The predicted molar refractivity (Wildman–Crippen MR) is 60.1 cm³/mol. The summed E-state index contributed by atoms with van der Waals surface area (Å²) in [5.74, 6) is 1.55. The van der Waals surface area contributed by atoms with Crippen molar-refractivity contribution in [2.24, 2.45) is 11.5 Å². The summed E-state index contributed by atoms with van der Waals surface area (Å²) in [6, 6.07) is 5.47. The summed E-state index contributed by atoms with van der Waals surface area (Å²) < 4.78 is 10.4. The van der Waals surface area contributed by atoms with Crippen LogP contribution >= 0.6 is 0 Å². The molecule has 0 aliphatic carbocycles. The molecule has 0 bridgehead atoms. The summed E-state index contributed by atoms with van der Waals surface area (Å²) in [4.78, 5) is 0. The van der Waals surface area contributed by atoms with Gasteiger partial charge in [-0.15, -0.1) is 0 Å². The van der Waals surface area contributed by atoms with Crippen molar-refractivity contribution < 1.29 is 9.47 Å². The van der Waals surface area contributed by atoms with E-state index < -0.39 is 0 Å². The Balaban J connectivity index is 3.00. The second-order valence-corrected chi connectivity index (χ2v) is 3.29. The molecule has 0 fully saturated rings. The van der Waals surface area contributed by atoms with E-state index in [9.17, 15) is 0 Å². The van der Waals surface area contributed by atoms with Crippen LogP contribution in [0.5, 0.6) is 11.5 Å². The number of rotatable bonds is 5. The van der Waals surface area contributed by atoms with Gasteiger partial charge in [-0.05, 0) is 31.2 Å². The Morgan fingerprint density at radius 1 is 1.27 bits per heavy atom. The number of methoxy groups -OCH3 is 2. The van der Waals surface area contributed by atoms with Crippen molar-refractivity contribution in [1.29, 1.82) is 0 Å². The van der Waals surface area contributed by atoms with Crippen molar-refractivity contribution >= 4 is 0 Å². The first kappa shape index (κ1) is 11.8. The van der Waals surface area contributed by atoms with Crippen molar-refractivity contribution in [2.75, 3.05) is 20.8 Å². The molecular weight excluding hydrogens is 192 g/mol. The normalized spacial score (nSPS) is 12.3. The molecule has 0 aliphatic heterocycles. The quantitative estimate of drug-likeness (QED) is 0.762. The van der Waals surface area contributed by atoms with E-state index in [4.69, 9.17) is 20.9 Å². The van der Waals surface area contributed by atoms with Crippen molar-refractivity contribution in [1.82, 2.24) is 0 Å². The summed E-state index contributed by atoms with van der Waals surface area (Å²) in [6.45, 7) is 0.557. The molecule has 1 rings (SSSR count). The molecule has 0 heterocycles. The molecule has 1 unspecified atom stereocenters. The van der Waals surface area contributed by atoms with Crippen LogP contribution in [-0.4, -0.2) is 20.8 Å². The van der Waals surface area contributed by atoms with Gasteiger partial charge in [-0.2, -0.15) is 0 Å². The predicted octanol–water partition coefficient (Wildman–Crippen LogP) is 1.05. The van der Waals surface area contributed by atoms with Crippen molar-refractivity contribution in [3.63, 3.8) is 0 Å². The van der Waals surface area contributed by atoms with E-state index in [-0.39, 0.29) is 6.04 Å². The van der Waals surface area contributed by atoms with Crippen LogP contribution in [0.25, 0.3) is 0 Å². The van der Waals surface area contributed by atoms with Crippen LogP contribution < -0.4 is 20.9 Å². The second-order valence-electron chi connectivity index (χ2n) is 3.29. The summed E-state index contributed by atoms with van der Waals surface area (Å²) in [5, 5.41) is 0. The molecule has 0 saturated carbocycles. The van der Waals surface area contributed by atoms with Gasteiger partial charge in [0.15, 0.2) is 0 Å². The molecule has 0 amide bonds. The molecule has 4 heteroatoms. The van der Waals surface area contributed by atoms with Gasteiger partial charge in [-0.25, -0.2) is 0 Å². The van der Waals surface area contributed by atoms with E-state index in [1.54, 1.807) is 14.2 Å². The van der Waals surface area contributed by atoms with Gasteiger partial charge in [0.05, 0.1) is 14.2 Å². The first-order valence-corrected chi connectivity index (χ1v) is 4.90. The molecule has 0 radical (unpaired) electrons. The highest BCUT2D eigenvalue weighted by Gasteiger charge is 2.12. The van der Waals surface area contributed by atoms with Gasteiger partial charge in [0.25, 0.3) is 0 Å². The van der Waals surface area contributed by atoms with Gasteiger partial charge in [0.2, 0.25) is 0 Å². The standard InChI is InChI=1S/C11H18N2O2/c1-14-8-3-4-11(15-2)9(7-8)10(13)5-6-12/h3-4,7,10H,5-6,12-13H2,1-2H3. The van der Waals surface area contributed by atoms with Crippen molar-refractivity contribution in [3.05, 3.63) is 23.8 Å². The largest absolute Gasteiger partial charge is 0.497 e. The van der Waals surface area contributed by atoms with Gasteiger partial charge in [-0.3, -0.25) is 0 Å². The van der Waals surface area contributed by atoms with Gasteiger partial charge in [0, 0.05) is 11.6 Å². The Bertz CT molecular complexity index is 315. The Labute approximate surface area is 90.2 Å². The van der Waals surface area contributed by atoms with E-state index in [2.05, 4.69) is 0 Å². The SMILES string of the molecule is COc1ccc(OC)c(C(N)CCN)c1. The molecule has 0 saturated heterocycles. The third kappa shape index (κ3) is 2.84. The zero-order valence-electron chi connectivity index (χ0n) is 9.19. The highest BCUT2D eigenvalue weighted by molar-refractivity contribution is 5.42. The van der Waals surface area contributed by atoms with Gasteiger partial charge >= 0.3 is 0 Å². The lowest BCUT2D eigenvalue weighted by molar-refractivity contribution is 0.394. The fourth-order valence-corrected chi connectivity index (χ4v) is 1.46. The lowest BCUT2D eigenvalue weighted by atomic mass is 10.0. The maximum Gasteiger partial charge on any atom is 0.123 e. The van der Waals surface area contributed by atoms with E-state index in [0.717, 1.165) is 23.5 Å². The first-order chi connectivity index (χ1) is 7.22. The van der Waals surface area contributed by atoms with Crippen LogP contribution in [0, 0.1) is 0 Å². The molecule has 1 aromatic carbocycles. The molecule has 15 heavy (non-hydrogen) atoms. The monoisotopic (exact) mass is 210 g/mol. The van der Waals surface area contributed by atoms with Crippen molar-refractivity contribution in [3.8, 4) is 11.5 Å². The number of ether oxygens (including phenoxy) is 2. The minimum atomic E-state index is -0.111. The number of benzene rings is 1. The third-order valence-corrected chi connectivity index (χ3v) is 2.31. The zero-order chi connectivity index (χ0) is 11.3. The van der Waals surface area contributed by atoms with Crippen LogP contribution in [0.15, 0.2) is 18.2 Å². The Morgan fingerprint density at radius 3 is 2.53 bits per heavy atom. The minimum absolute atomic E-state index is 0.111. The van der Waals surface area contributed by atoms with Gasteiger partial charge in [0.1, 0.15) is 11.5 Å². The van der Waals surface area contributed by atoms with Crippen LogP contribution in [0.1, 0.15) is 18.0 Å². The lowest BCUT2D eigenvalue weighted by Crippen LogP contribution is -2.16. The summed E-state index contributed by atoms with van der Waals surface area (Å²) >= 11 is 0. The summed E-state index contributed by atoms with van der Waals surface area (Å²) in [6.07, 6.45) is 0.726. The fourth-order valence-electron chi connectivity index (χ4n) is 1.46. The maximum absolute atomic E-state index is 5.99. The Kier molecular flexibility index (Phi) is 4.39. The molecular formula is C11H18N2O2. The number of hydrogen-bond acceptors (Lipinski definition) is 4. The molecule has 4 nitrogen and oxygen atoms in total. The minimum Gasteiger partial charge on any atom is -0.497 e. The van der Waals surface area contributed by atoms with Crippen LogP contribution in [0.4, 0.5) is 0 Å². The fraction of sp³-hybridized carbons (Fsp3) is 0.455. The second kappa shape index (κ2) is 5.58. The first-order valence-electron chi connectivity index (χ1n) is 4.90. The van der Waals surface area contributed by atoms with Crippen LogP contribution in [0.3, 0.4) is 0 Å². The molecule has 84 valence electrons. The number of nitrogens with two attached hydrogens (primary N) is 2.